The average molecular weight is 393 g/mol. The number of amides is 1. The lowest BCUT2D eigenvalue weighted by molar-refractivity contribution is -0.116. The van der Waals surface area contributed by atoms with E-state index in [0.29, 0.717) is 22.8 Å². The molecule has 0 radical (unpaired) electrons. The van der Waals surface area contributed by atoms with Gasteiger partial charge in [0.05, 0.1) is 10.6 Å². The molecule has 2 aromatic carbocycles. The summed E-state index contributed by atoms with van der Waals surface area (Å²) < 4.78 is 28.3. The van der Waals surface area contributed by atoms with Crippen LogP contribution in [0, 0.1) is 6.92 Å². The fraction of sp³-hybridized carbons (Fsp3) is 0.316. The van der Waals surface area contributed by atoms with Crippen LogP contribution in [0.15, 0.2) is 41.3 Å². The SMILES string of the molecule is CC(=O)N1CC(C)(C)c2cc(S(=O)(=O)Nc3cccc(Cl)c3C)ccc21. The highest BCUT2D eigenvalue weighted by atomic mass is 35.5. The minimum atomic E-state index is -3.77. The Morgan fingerprint density at radius 1 is 1.23 bits per heavy atom. The summed E-state index contributed by atoms with van der Waals surface area (Å²) in [5, 5.41) is 0.498. The lowest BCUT2D eigenvalue weighted by Crippen LogP contribution is -2.31. The highest BCUT2D eigenvalue weighted by Gasteiger charge is 2.37. The minimum Gasteiger partial charge on any atom is -0.311 e. The van der Waals surface area contributed by atoms with Crippen LogP contribution in [-0.4, -0.2) is 20.9 Å². The number of hydrogen-bond donors (Lipinski definition) is 1. The van der Waals surface area contributed by atoms with E-state index in [1.165, 1.54) is 13.0 Å². The molecule has 2 aromatic rings. The molecular weight excluding hydrogens is 372 g/mol. The predicted molar refractivity (Wildman–Crippen MR) is 104 cm³/mol. The second-order valence-corrected chi connectivity index (χ2v) is 9.28. The summed E-state index contributed by atoms with van der Waals surface area (Å²) >= 11 is 6.08. The van der Waals surface area contributed by atoms with Gasteiger partial charge in [0.25, 0.3) is 10.0 Å². The normalized spacial score (nSPS) is 15.7. The van der Waals surface area contributed by atoms with Crippen LogP contribution in [0.25, 0.3) is 0 Å². The van der Waals surface area contributed by atoms with E-state index < -0.39 is 10.0 Å². The van der Waals surface area contributed by atoms with Crippen molar-refractivity contribution in [3.8, 4) is 0 Å². The van der Waals surface area contributed by atoms with Gasteiger partial charge in [0.2, 0.25) is 5.91 Å². The summed E-state index contributed by atoms with van der Waals surface area (Å²) in [6, 6.07) is 9.96. The molecule has 5 nitrogen and oxygen atoms in total. The lowest BCUT2D eigenvalue weighted by atomic mass is 9.87. The first kappa shape index (κ1) is 18.7. The molecule has 3 rings (SSSR count). The van der Waals surface area contributed by atoms with E-state index in [2.05, 4.69) is 4.72 Å². The van der Waals surface area contributed by atoms with Gasteiger partial charge >= 0.3 is 0 Å². The van der Waals surface area contributed by atoms with Gasteiger partial charge in [-0.05, 0) is 48.4 Å². The van der Waals surface area contributed by atoms with Gasteiger partial charge in [0.1, 0.15) is 0 Å². The number of nitrogens with zero attached hydrogens (tertiary/aromatic N) is 1. The van der Waals surface area contributed by atoms with E-state index in [0.717, 1.165) is 11.3 Å². The zero-order valence-corrected chi connectivity index (χ0v) is 16.7. The number of fused-ring (bicyclic) bond motifs is 1. The Morgan fingerprint density at radius 3 is 2.58 bits per heavy atom. The second-order valence-electron chi connectivity index (χ2n) is 7.19. The lowest BCUT2D eigenvalue weighted by Gasteiger charge is -2.19. The number of halogens is 1. The summed E-state index contributed by atoms with van der Waals surface area (Å²) in [6.07, 6.45) is 0. The Kier molecular flexibility index (Phi) is 4.53. The molecule has 0 bridgehead atoms. The Labute approximate surface area is 159 Å². The fourth-order valence-electron chi connectivity index (χ4n) is 3.23. The smallest absolute Gasteiger partial charge is 0.261 e. The molecule has 0 saturated heterocycles. The molecule has 0 saturated carbocycles. The molecule has 0 fully saturated rings. The van der Waals surface area contributed by atoms with Gasteiger partial charge in [-0.3, -0.25) is 9.52 Å². The Bertz CT molecular complexity index is 1000. The van der Waals surface area contributed by atoms with Crippen molar-refractivity contribution in [3.63, 3.8) is 0 Å². The maximum Gasteiger partial charge on any atom is 0.261 e. The maximum absolute atomic E-state index is 12.9. The molecule has 1 heterocycles. The molecule has 0 aliphatic carbocycles. The largest absolute Gasteiger partial charge is 0.311 e. The van der Waals surface area contributed by atoms with Gasteiger partial charge in [0, 0.05) is 29.6 Å². The van der Waals surface area contributed by atoms with Crippen molar-refractivity contribution in [2.75, 3.05) is 16.2 Å². The molecule has 1 aliphatic heterocycles. The monoisotopic (exact) mass is 392 g/mol. The number of anilines is 2. The number of nitrogens with one attached hydrogen (secondary N) is 1. The van der Waals surface area contributed by atoms with E-state index in [9.17, 15) is 13.2 Å². The maximum atomic E-state index is 12.9. The fourth-order valence-corrected chi connectivity index (χ4v) is 4.55. The van der Waals surface area contributed by atoms with Crippen LogP contribution in [-0.2, 0) is 20.2 Å². The molecule has 26 heavy (non-hydrogen) atoms. The zero-order chi connectivity index (χ0) is 19.3. The molecule has 7 heteroatoms. The summed E-state index contributed by atoms with van der Waals surface area (Å²) in [5.74, 6) is -0.0555. The first-order valence-corrected chi connectivity index (χ1v) is 10.1. The van der Waals surface area contributed by atoms with Crippen molar-refractivity contribution in [2.24, 2.45) is 0 Å². The van der Waals surface area contributed by atoms with E-state index in [4.69, 9.17) is 11.6 Å². The summed E-state index contributed by atoms with van der Waals surface area (Å²) in [5.41, 5.74) is 2.40. The number of hydrogen-bond acceptors (Lipinski definition) is 3. The van der Waals surface area contributed by atoms with Gasteiger partial charge in [-0.25, -0.2) is 8.42 Å². The third-order valence-corrected chi connectivity index (χ3v) is 6.52. The van der Waals surface area contributed by atoms with Gasteiger partial charge in [-0.1, -0.05) is 31.5 Å². The molecular formula is C19H21ClN2O3S. The summed E-state index contributed by atoms with van der Waals surface area (Å²) in [7, 11) is -3.77. The van der Waals surface area contributed by atoms with Gasteiger partial charge in [-0.2, -0.15) is 0 Å². The van der Waals surface area contributed by atoms with Crippen molar-refractivity contribution in [1.29, 1.82) is 0 Å². The highest BCUT2D eigenvalue weighted by Crippen LogP contribution is 2.41. The van der Waals surface area contributed by atoms with Crippen molar-refractivity contribution in [1.82, 2.24) is 0 Å². The van der Waals surface area contributed by atoms with Gasteiger partial charge < -0.3 is 4.90 Å². The Hall–Kier alpha value is -2.05. The Morgan fingerprint density at radius 2 is 1.92 bits per heavy atom. The Balaban J connectivity index is 2.03. The van der Waals surface area contributed by atoms with Crippen LogP contribution < -0.4 is 9.62 Å². The third kappa shape index (κ3) is 3.19. The number of carbonyl (C=O) groups is 1. The zero-order valence-electron chi connectivity index (χ0n) is 15.1. The number of rotatable bonds is 3. The van der Waals surface area contributed by atoms with Crippen LogP contribution in [0.3, 0.4) is 0 Å². The minimum absolute atomic E-state index is 0.0555. The number of carbonyl (C=O) groups excluding carboxylic acids is 1. The van der Waals surface area contributed by atoms with Crippen molar-refractivity contribution < 1.29 is 13.2 Å². The standard InChI is InChI=1S/C19H21ClN2O3S/c1-12-16(20)6-5-7-17(12)21-26(24,25)14-8-9-18-15(10-14)19(3,4)11-22(18)13(2)23/h5-10,21H,11H2,1-4H3. The van der Waals surface area contributed by atoms with Crippen LogP contribution in [0.1, 0.15) is 31.9 Å². The summed E-state index contributed by atoms with van der Waals surface area (Å²) in [4.78, 5) is 13.7. The molecule has 0 unspecified atom stereocenters. The topological polar surface area (TPSA) is 66.5 Å². The van der Waals surface area contributed by atoms with E-state index in [1.807, 2.05) is 13.8 Å². The van der Waals surface area contributed by atoms with Crippen LogP contribution in [0.4, 0.5) is 11.4 Å². The molecule has 0 spiro atoms. The van der Waals surface area contributed by atoms with Gasteiger partial charge in [0.15, 0.2) is 0 Å². The quantitative estimate of drug-likeness (QED) is 0.855. The van der Waals surface area contributed by atoms with Crippen molar-refractivity contribution >= 4 is 38.9 Å². The number of benzene rings is 2. The van der Waals surface area contributed by atoms with E-state index in [1.54, 1.807) is 42.2 Å². The van der Waals surface area contributed by atoms with E-state index >= 15 is 0 Å². The van der Waals surface area contributed by atoms with Crippen LogP contribution in [0.5, 0.6) is 0 Å². The first-order valence-electron chi connectivity index (χ1n) is 8.23. The predicted octanol–water partition coefficient (Wildman–Crippen LogP) is 4.09. The molecule has 1 amide bonds. The summed E-state index contributed by atoms with van der Waals surface area (Å²) in [6.45, 7) is 7.80. The van der Waals surface area contributed by atoms with Crippen molar-refractivity contribution in [2.45, 2.75) is 38.0 Å². The molecule has 0 atom stereocenters. The molecule has 1 N–H and O–H groups in total. The highest BCUT2D eigenvalue weighted by molar-refractivity contribution is 7.92. The molecule has 1 aliphatic rings. The van der Waals surface area contributed by atoms with Gasteiger partial charge in [-0.15, -0.1) is 0 Å². The second kappa shape index (κ2) is 6.28. The first-order chi connectivity index (χ1) is 12.0. The number of sulfonamides is 1. The van der Waals surface area contributed by atoms with Crippen molar-refractivity contribution in [3.05, 3.63) is 52.5 Å². The van der Waals surface area contributed by atoms with Crippen LogP contribution >= 0.6 is 11.6 Å². The third-order valence-electron chi connectivity index (χ3n) is 4.74. The van der Waals surface area contributed by atoms with E-state index in [-0.39, 0.29) is 16.2 Å². The molecule has 138 valence electrons. The average Bonchev–Trinajstić information content (AvgIpc) is 2.83. The van der Waals surface area contributed by atoms with Crippen LogP contribution in [0.2, 0.25) is 5.02 Å². The molecule has 0 aromatic heterocycles.